The Morgan fingerprint density at radius 3 is 3.10 bits per heavy atom. The van der Waals surface area contributed by atoms with E-state index in [4.69, 9.17) is 0 Å². The van der Waals surface area contributed by atoms with E-state index < -0.39 is 0 Å². The lowest BCUT2D eigenvalue weighted by atomic mass is 10.2. The van der Waals surface area contributed by atoms with Gasteiger partial charge < -0.3 is 4.57 Å². The second-order valence-corrected chi connectivity index (χ2v) is 6.53. The van der Waals surface area contributed by atoms with Gasteiger partial charge in [-0.1, -0.05) is 29.5 Å². The molecule has 8 heteroatoms. The van der Waals surface area contributed by atoms with Crippen LogP contribution in [0.3, 0.4) is 0 Å². The van der Waals surface area contributed by atoms with Crippen LogP contribution in [0.5, 0.6) is 0 Å². The molecule has 1 aliphatic heterocycles. The SMILES string of the molecule is O=[N+]([O-])c1cc(CSc2nnc3n2CCCCC3)cs1. The molecular formula is C12H14N4O2S2. The van der Waals surface area contributed by atoms with Crippen molar-refractivity contribution in [3.63, 3.8) is 0 Å². The Morgan fingerprint density at radius 2 is 2.30 bits per heavy atom. The first-order valence-electron chi connectivity index (χ1n) is 6.51. The lowest BCUT2D eigenvalue weighted by Gasteiger charge is -2.05. The molecular weight excluding hydrogens is 296 g/mol. The summed E-state index contributed by atoms with van der Waals surface area (Å²) in [4.78, 5) is 10.3. The van der Waals surface area contributed by atoms with Gasteiger partial charge in [0.1, 0.15) is 5.82 Å². The summed E-state index contributed by atoms with van der Waals surface area (Å²) >= 11 is 2.77. The Labute approximate surface area is 124 Å². The highest BCUT2D eigenvalue weighted by Gasteiger charge is 2.16. The average Bonchev–Trinajstić information content (AvgIpc) is 2.98. The molecule has 0 unspecified atom stereocenters. The second-order valence-electron chi connectivity index (χ2n) is 4.70. The third-order valence-electron chi connectivity index (χ3n) is 3.26. The molecule has 106 valence electrons. The molecule has 6 nitrogen and oxygen atoms in total. The Kier molecular flexibility index (Phi) is 4.02. The van der Waals surface area contributed by atoms with Crippen molar-refractivity contribution in [3.05, 3.63) is 32.9 Å². The van der Waals surface area contributed by atoms with E-state index in [9.17, 15) is 10.1 Å². The fraction of sp³-hybridized carbons (Fsp3) is 0.500. The van der Waals surface area contributed by atoms with E-state index in [-0.39, 0.29) is 9.92 Å². The van der Waals surface area contributed by atoms with Crippen molar-refractivity contribution in [1.82, 2.24) is 14.8 Å². The number of thiophene rings is 1. The number of hydrogen-bond donors (Lipinski definition) is 0. The number of fused-ring (bicyclic) bond motifs is 1. The van der Waals surface area contributed by atoms with Crippen LogP contribution >= 0.6 is 23.1 Å². The molecule has 0 saturated heterocycles. The summed E-state index contributed by atoms with van der Waals surface area (Å²) in [5.74, 6) is 1.77. The topological polar surface area (TPSA) is 73.8 Å². The zero-order chi connectivity index (χ0) is 13.9. The molecule has 3 rings (SSSR count). The van der Waals surface area contributed by atoms with Gasteiger partial charge in [0.05, 0.1) is 4.92 Å². The van der Waals surface area contributed by atoms with Crippen LogP contribution in [0.4, 0.5) is 5.00 Å². The predicted molar refractivity (Wildman–Crippen MR) is 78.1 cm³/mol. The highest BCUT2D eigenvalue weighted by atomic mass is 32.2. The van der Waals surface area contributed by atoms with E-state index in [1.54, 1.807) is 17.8 Å². The largest absolute Gasteiger partial charge is 0.324 e. The summed E-state index contributed by atoms with van der Waals surface area (Å²) < 4.78 is 2.19. The van der Waals surface area contributed by atoms with E-state index >= 15 is 0 Å². The van der Waals surface area contributed by atoms with Crippen molar-refractivity contribution in [2.45, 2.75) is 43.1 Å². The Hall–Kier alpha value is -1.41. The van der Waals surface area contributed by atoms with Crippen LogP contribution in [0.15, 0.2) is 16.6 Å². The number of rotatable bonds is 4. The molecule has 0 amide bonds. The van der Waals surface area contributed by atoms with Gasteiger partial charge in [-0.3, -0.25) is 10.1 Å². The lowest BCUT2D eigenvalue weighted by molar-refractivity contribution is -0.380. The van der Waals surface area contributed by atoms with Crippen LogP contribution in [-0.2, 0) is 18.7 Å². The van der Waals surface area contributed by atoms with Gasteiger partial charge in [0, 0.05) is 30.2 Å². The third-order valence-corrected chi connectivity index (χ3v) is 5.23. The van der Waals surface area contributed by atoms with Gasteiger partial charge in [-0.25, -0.2) is 0 Å². The Bertz CT molecular complexity index is 623. The quantitative estimate of drug-likeness (QED) is 0.492. The van der Waals surface area contributed by atoms with Gasteiger partial charge in [-0.2, -0.15) is 0 Å². The number of nitro groups is 1. The molecule has 3 heterocycles. The van der Waals surface area contributed by atoms with Gasteiger partial charge in [-0.05, 0) is 18.4 Å². The summed E-state index contributed by atoms with van der Waals surface area (Å²) in [6.45, 7) is 0.981. The van der Waals surface area contributed by atoms with E-state index in [1.807, 2.05) is 5.38 Å². The normalized spacial score (nSPS) is 14.8. The van der Waals surface area contributed by atoms with Gasteiger partial charge in [0.15, 0.2) is 5.16 Å². The minimum Gasteiger partial charge on any atom is -0.306 e. The number of nitrogens with zero attached hydrogens (tertiary/aromatic N) is 4. The van der Waals surface area contributed by atoms with Gasteiger partial charge >= 0.3 is 5.00 Å². The first-order chi connectivity index (χ1) is 9.74. The third kappa shape index (κ3) is 2.85. The number of hydrogen-bond acceptors (Lipinski definition) is 6. The Morgan fingerprint density at radius 1 is 1.40 bits per heavy atom. The molecule has 2 aromatic rings. The maximum Gasteiger partial charge on any atom is 0.324 e. The summed E-state index contributed by atoms with van der Waals surface area (Å²) in [5, 5.41) is 22.1. The summed E-state index contributed by atoms with van der Waals surface area (Å²) in [6, 6.07) is 1.64. The fourth-order valence-corrected chi connectivity index (χ4v) is 4.00. The van der Waals surface area contributed by atoms with E-state index in [1.165, 1.54) is 30.6 Å². The molecule has 0 aliphatic carbocycles. The highest BCUT2D eigenvalue weighted by Crippen LogP contribution is 2.29. The van der Waals surface area contributed by atoms with Crippen molar-refractivity contribution >= 4 is 28.1 Å². The monoisotopic (exact) mass is 310 g/mol. The van der Waals surface area contributed by atoms with Crippen molar-refractivity contribution in [2.24, 2.45) is 0 Å². The maximum absolute atomic E-state index is 10.7. The summed E-state index contributed by atoms with van der Waals surface area (Å²) in [5.41, 5.74) is 0.970. The molecule has 1 aliphatic rings. The molecule has 0 spiro atoms. The Balaban J connectivity index is 1.69. The summed E-state index contributed by atoms with van der Waals surface area (Å²) in [6.07, 6.45) is 4.59. The van der Waals surface area contributed by atoms with Crippen molar-refractivity contribution in [2.75, 3.05) is 0 Å². The molecule has 0 atom stereocenters. The smallest absolute Gasteiger partial charge is 0.306 e. The van der Waals surface area contributed by atoms with Crippen LogP contribution in [-0.4, -0.2) is 19.7 Å². The minimum absolute atomic E-state index is 0.195. The molecule has 0 N–H and O–H groups in total. The second kappa shape index (κ2) is 5.92. The lowest BCUT2D eigenvalue weighted by Crippen LogP contribution is -2.02. The predicted octanol–water partition coefficient (Wildman–Crippen LogP) is 3.27. The zero-order valence-corrected chi connectivity index (χ0v) is 12.5. The molecule has 0 saturated carbocycles. The maximum atomic E-state index is 10.7. The van der Waals surface area contributed by atoms with Crippen LogP contribution in [0.2, 0.25) is 0 Å². The average molecular weight is 310 g/mol. The molecule has 0 bridgehead atoms. The van der Waals surface area contributed by atoms with E-state index in [2.05, 4.69) is 14.8 Å². The zero-order valence-electron chi connectivity index (χ0n) is 10.8. The van der Waals surface area contributed by atoms with Crippen LogP contribution < -0.4 is 0 Å². The first-order valence-corrected chi connectivity index (χ1v) is 8.37. The van der Waals surface area contributed by atoms with Crippen molar-refractivity contribution < 1.29 is 4.92 Å². The highest BCUT2D eigenvalue weighted by molar-refractivity contribution is 7.98. The molecule has 0 aromatic carbocycles. The van der Waals surface area contributed by atoms with Crippen LogP contribution in [0.25, 0.3) is 0 Å². The van der Waals surface area contributed by atoms with Crippen molar-refractivity contribution in [1.29, 1.82) is 0 Å². The fourth-order valence-electron chi connectivity index (χ4n) is 2.25. The first kappa shape index (κ1) is 13.6. The van der Waals surface area contributed by atoms with Crippen molar-refractivity contribution in [3.8, 4) is 0 Å². The van der Waals surface area contributed by atoms with Crippen LogP contribution in [0, 0.1) is 10.1 Å². The molecule has 2 aromatic heterocycles. The number of thioether (sulfide) groups is 1. The van der Waals surface area contributed by atoms with E-state index in [0.29, 0.717) is 5.75 Å². The standard InChI is InChI=1S/C12H14N4O2S2/c17-16(18)11-6-9(7-19-11)8-20-12-14-13-10-4-2-1-3-5-15(10)12/h6-7H,1-5,8H2. The molecule has 0 radical (unpaired) electrons. The minimum atomic E-state index is -0.345. The summed E-state index contributed by atoms with van der Waals surface area (Å²) in [7, 11) is 0. The number of aromatic nitrogens is 3. The van der Waals surface area contributed by atoms with E-state index in [0.717, 1.165) is 29.5 Å². The number of aryl methyl sites for hydroxylation is 1. The van der Waals surface area contributed by atoms with Gasteiger partial charge in [0.25, 0.3) is 0 Å². The van der Waals surface area contributed by atoms with Crippen LogP contribution in [0.1, 0.15) is 30.7 Å². The van der Waals surface area contributed by atoms with Gasteiger partial charge in [0.2, 0.25) is 0 Å². The van der Waals surface area contributed by atoms with Gasteiger partial charge in [-0.15, -0.1) is 10.2 Å². The molecule has 0 fully saturated rings. The molecule has 20 heavy (non-hydrogen) atoms.